The molecule has 0 unspecified atom stereocenters. The van der Waals surface area contributed by atoms with Crippen LogP contribution in [0.4, 0.5) is 17.1 Å². The number of carboxylic acids is 1. The van der Waals surface area contributed by atoms with Crippen molar-refractivity contribution in [3.05, 3.63) is 48.3 Å². The summed E-state index contributed by atoms with van der Waals surface area (Å²) in [4.78, 5) is 23.6. The minimum Gasteiger partial charge on any atom is -0.478 e. The third-order valence-corrected chi connectivity index (χ3v) is 4.78. The summed E-state index contributed by atoms with van der Waals surface area (Å²) in [5.74, 6) is -0.951. The molecule has 7 nitrogen and oxygen atoms in total. The van der Waals surface area contributed by atoms with Gasteiger partial charge in [-0.2, -0.15) is 0 Å². The van der Waals surface area contributed by atoms with E-state index in [9.17, 15) is 9.90 Å². The highest BCUT2D eigenvalue weighted by molar-refractivity contribution is 5.96. The second-order valence-electron chi connectivity index (χ2n) is 6.59. The smallest absolute Gasteiger partial charge is 0.337 e. The Hall–Kier alpha value is -3.06. The maximum atomic E-state index is 11.6. The number of carboxylic acid groups (broad SMARTS) is 1. The Morgan fingerprint density at radius 3 is 2.77 bits per heavy atom. The first-order valence-corrected chi connectivity index (χ1v) is 8.61. The molecule has 1 saturated heterocycles. The molecule has 3 aromatic rings. The third kappa shape index (κ3) is 3.21. The number of pyridine rings is 1. The number of aromatic carboxylic acids is 1. The molecule has 1 aliphatic heterocycles. The van der Waals surface area contributed by atoms with Crippen LogP contribution < -0.4 is 10.2 Å². The van der Waals surface area contributed by atoms with Crippen molar-refractivity contribution in [2.75, 3.05) is 43.4 Å². The zero-order valence-corrected chi connectivity index (χ0v) is 14.6. The van der Waals surface area contributed by atoms with E-state index >= 15 is 0 Å². The first-order valence-electron chi connectivity index (χ1n) is 8.61. The van der Waals surface area contributed by atoms with Crippen molar-refractivity contribution in [3.8, 4) is 0 Å². The SMILES string of the molecule is CN1CCN(c2ccc(C(=O)O)c(Nc3cnc4[nH]ccc4c3)c2)CC1. The number of anilines is 3. The summed E-state index contributed by atoms with van der Waals surface area (Å²) >= 11 is 0. The average Bonchev–Trinajstić information content (AvgIpc) is 3.10. The minimum absolute atomic E-state index is 0.247. The highest BCUT2D eigenvalue weighted by Crippen LogP contribution is 2.28. The van der Waals surface area contributed by atoms with Gasteiger partial charge in [-0.15, -0.1) is 0 Å². The number of rotatable bonds is 4. The number of nitrogens with one attached hydrogen (secondary N) is 2. The second-order valence-corrected chi connectivity index (χ2v) is 6.59. The van der Waals surface area contributed by atoms with E-state index in [4.69, 9.17) is 0 Å². The molecule has 134 valence electrons. The van der Waals surface area contributed by atoms with Crippen LogP contribution in [-0.4, -0.2) is 59.2 Å². The lowest BCUT2D eigenvalue weighted by molar-refractivity contribution is 0.0698. The molecule has 3 N–H and O–H groups in total. The molecular weight excluding hydrogens is 330 g/mol. The van der Waals surface area contributed by atoms with Gasteiger partial charge in [0.2, 0.25) is 0 Å². The molecule has 1 aromatic carbocycles. The Balaban J connectivity index is 1.65. The van der Waals surface area contributed by atoms with Gasteiger partial charge in [0.15, 0.2) is 0 Å². The van der Waals surface area contributed by atoms with E-state index in [1.165, 1.54) is 0 Å². The molecule has 4 rings (SSSR count). The molecule has 0 spiro atoms. The van der Waals surface area contributed by atoms with Crippen LogP contribution in [0.1, 0.15) is 10.4 Å². The maximum absolute atomic E-state index is 11.6. The van der Waals surface area contributed by atoms with Crippen LogP contribution in [0, 0.1) is 0 Å². The van der Waals surface area contributed by atoms with Crippen molar-refractivity contribution in [3.63, 3.8) is 0 Å². The number of piperazine rings is 1. The van der Waals surface area contributed by atoms with E-state index in [2.05, 4.69) is 32.1 Å². The number of aromatic amines is 1. The number of likely N-dealkylation sites (N-methyl/N-ethyl adjacent to an activating group) is 1. The maximum Gasteiger partial charge on any atom is 0.337 e. The number of H-pyrrole nitrogens is 1. The van der Waals surface area contributed by atoms with Crippen LogP contribution in [0.25, 0.3) is 11.0 Å². The molecule has 0 amide bonds. The molecule has 1 aliphatic rings. The van der Waals surface area contributed by atoms with Gasteiger partial charge >= 0.3 is 5.97 Å². The summed E-state index contributed by atoms with van der Waals surface area (Å²) in [5.41, 5.74) is 3.42. The van der Waals surface area contributed by atoms with Gasteiger partial charge in [0.05, 0.1) is 23.1 Å². The average molecular weight is 351 g/mol. The lowest BCUT2D eigenvalue weighted by Gasteiger charge is -2.34. The number of hydrogen-bond acceptors (Lipinski definition) is 5. The Morgan fingerprint density at radius 1 is 1.19 bits per heavy atom. The lowest BCUT2D eigenvalue weighted by Crippen LogP contribution is -2.44. The van der Waals surface area contributed by atoms with E-state index in [-0.39, 0.29) is 5.56 Å². The van der Waals surface area contributed by atoms with E-state index in [0.29, 0.717) is 5.69 Å². The molecule has 7 heteroatoms. The van der Waals surface area contributed by atoms with Gasteiger partial charge in [-0.3, -0.25) is 0 Å². The molecule has 3 heterocycles. The van der Waals surface area contributed by atoms with Crippen LogP contribution in [-0.2, 0) is 0 Å². The topological polar surface area (TPSA) is 84.5 Å². The number of hydrogen-bond donors (Lipinski definition) is 3. The summed E-state index contributed by atoms with van der Waals surface area (Å²) < 4.78 is 0. The predicted molar refractivity (Wildman–Crippen MR) is 102 cm³/mol. The van der Waals surface area contributed by atoms with Gasteiger partial charge in [0.25, 0.3) is 0 Å². The number of benzene rings is 1. The summed E-state index contributed by atoms with van der Waals surface area (Å²) in [6.45, 7) is 3.85. The molecule has 0 aliphatic carbocycles. The van der Waals surface area contributed by atoms with Crippen LogP contribution >= 0.6 is 0 Å². The Bertz CT molecular complexity index is 944. The van der Waals surface area contributed by atoms with Gasteiger partial charge in [0.1, 0.15) is 5.65 Å². The largest absolute Gasteiger partial charge is 0.478 e. The lowest BCUT2D eigenvalue weighted by atomic mass is 10.1. The number of carbonyl (C=O) groups is 1. The summed E-state index contributed by atoms with van der Waals surface area (Å²) in [5, 5.41) is 13.7. The third-order valence-electron chi connectivity index (χ3n) is 4.78. The van der Waals surface area contributed by atoms with Crippen molar-refractivity contribution >= 4 is 34.1 Å². The minimum atomic E-state index is -0.951. The van der Waals surface area contributed by atoms with Crippen molar-refractivity contribution in [2.45, 2.75) is 0 Å². The van der Waals surface area contributed by atoms with Crippen LogP contribution in [0.15, 0.2) is 42.7 Å². The van der Waals surface area contributed by atoms with Gasteiger partial charge in [-0.25, -0.2) is 9.78 Å². The van der Waals surface area contributed by atoms with Gasteiger partial charge in [-0.1, -0.05) is 0 Å². The van der Waals surface area contributed by atoms with Crippen LogP contribution in [0.5, 0.6) is 0 Å². The molecule has 0 saturated carbocycles. The molecule has 0 radical (unpaired) electrons. The fourth-order valence-electron chi connectivity index (χ4n) is 3.25. The standard InChI is InChI=1S/C19H21N5O2/c1-23-6-8-24(9-7-23)15-2-3-16(19(25)26)17(11-15)22-14-10-13-4-5-20-18(13)21-12-14/h2-5,10-12,22H,6-9H2,1H3,(H,20,21)(H,25,26). The first kappa shape index (κ1) is 16.4. The van der Waals surface area contributed by atoms with E-state index < -0.39 is 5.97 Å². The molecule has 0 bridgehead atoms. The number of aromatic nitrogens is 2. The zero-order chi connectivity index (χ0) is 18.1. The van der Waals surface area contributed by atoms with Crippen LogP contribution in [0.2, 0.25) is 0 Å². The monoisotopic (exact) mass is 351 g/mol. The van der Waals surface area contributed by atoms with Gasteiger partial charge < -0.3 is 25.2 Å². The van der Waals surface area contributed by atoms with Gasteiger partial charge in [-0.05, 0) is 37.4 Å². The van der Waals surface area contributed by atoms with Crippen molar-refractivity contribution < 1.29 is 9.90 Å². The molecule has 26 heavy (non-hydrogen) atoms. The molecular formula is C19H21N5O2. The Kier molecular flexibility index (Phi) is 4.22. The predicted octanol–water partition coefficient (Wildman–Crippen LogP) is 2.76. The van der Waals surface area contributed by atoms with Crippen molar-refractivity contribution in [2.24, 2.45) is 0 Å². The normalized spacial score (nSPS) is 15.3. The Labute approximate surface area is 151 Å². The fourth-order valence-corrected chi connectivity index (χ4v) is 3.25. The number of nitrogens with zero attached hydrogens (tertiary/aromatic N) is 3. The molecule has 2 aromatic heterocycles. The van der Waals surface area contributed by atoms with Crippen molar-refractivity contribution in [1.29, 1.82) is 0 Å². The van der Waals surface area contributed by atoms with E-state index in [1.54, 1.807) is 12.3 Å². The Morgan fingerprint density at radius 2 is 2.00 bits per heavy atom. The first-order chi connectivity index (χ1) is 12.6. The highest BCUT2D eigenvalue weighted by atomic mass is 16.4. The van der Waals surface area contributed by atoms with Crippen LogP contribution in [0.3, 0.4) is 0 Å². The quantitative estimate of drug-likeness (QED) is 0.670. The van der Waals surface area contributed by atoms with E-state index in [1.807, 2.05) is 30.5 Å². The zero-order valence-electron chi connectivity index (χ0n) is 14.6. The highest BCUT2D eigenvalue weighted by Gasteiger charge is 2.17. The van der Waals surface area contributed by atoms with E-state index in [0.717, 1.165) is 48.6 Å². The second kappa shape index (κ2) is 6.68. The number of fused-ring (bicyclic) bond motifs is 1. The fraction of sp³-hybridized carbons (Fsp3) is 0.263. The van der Waals surface area contributed by atoms with Gasteiger partial charge in [0, 0.05) is 43.4 Å². The molecule has 0 atom stereocenters. The van der Waals surface area contributed by atoms with Crippen molar-refractivity contribution in [1.82, 2.24) is 14.9 Å². The summed E-state index contributed by atoms with van der Waals surface area (Å²) in [6.07, 6.45) is 3.53. The summed E-state index contributed by atoms with van der Waals surface area (Å²) in [7, 11) is 2.11. The summed E-state index contributed by atoms with van der Waals surface area (Å²) in [6, 6.07) is 9.35. The molecule has 1 fully saturated rings.